The molecule has 2 atom stereocenters. The van der Waals surface area contributed by atoms with Gasteiger partial charge >= 0.3 is 0 Å². The van der Waals surface area contributed by atoms with E-state index >= 15 is 0 Å². The summed E-state index contributed by atoms with van der Waals surface area (Å²) < 4.78 is 3.95. The number of hydrogen-bond acceptors (Lipinski definition) is 5. The van der Waals surface area contributed by atoms with E-state index < -0.39 is 0 Å². The van der Waals surface area contributed by atoms with Gasteiger partial charge in [-0.05, 0) is 75.0 Å². The van der Waals surface area contributed by atoms with Crippen LogP contribution in [0, 0.1) is 26.7 Å². The van der Waals surface area contributed by atoms with Crippen molar-refractivity contribution < 1.29 is 4.79 Å². The van der Waals surface area contributed by atoms with Gasteiger partial charge in [-0.2, -0.15) is 0 Å². The third-order valence-electron chi connectivity index (χ3n) is 6.76. The fourth-order valence-corrected chi connectivity index (χ4v) is 5.24. The Bertz CT molecular complexity index is 1440. The van der Waals surface area contributed by atoms with Crippen LogP contribution in [0.15, 0.2) is 61.3 Å². The number of amides is 1. The maximum absolute atomic E-state index is 12.3. The monoisotopic (exact) mass is 514 g/mol. The minimum absolute atomic E-state index is 0.0104. The van der Waals surface area contributed by atoms with Crippen molar-refractivity contribution in [2.75, 3.05) is 10.2 Å². The van der Waals surface area contributed by atoms with E-state index in [1.54, 1.807) is 18.9 Å². The summed E-state index contributed by atoms with van der Waals surface area (Å²) in [7, 11) is 0. The largest absolute Gasteiger partial charge is 0.351 e. The van der Waals surface area contributed by atoms with Gasteiger partial charge in [-0.25, -0.2) is 4.68 Å². The molecule has 0 radical (unpaired) electrons. The number of pyridine rings is 1. The highest BCUT2D eigenvalue weighted by Crippen LogP contribution is 2.43. The number of aromatic nitrogens is 5. The Morgan fingerprint density at radius 2 is 1.84 bits per heavy atom. The number of thiocarbonyl (C=S) groups is 1. The number of aryl methyl sites for hydroxylation is 2. The van der Waals surface area contributed by atoms with E-state index in [9.17, 15) is 4.79 Å². The fraction of sp³-hybridized carbons (Fsp3) is 0.296. The van der Waals surface area contributed by atoms with E-state index in [4.69, 9.17) is 12.2 Å². The van der Waals surface area contributed by atoms with Crippen molar-refractivity contribution in [2.24, 2.45) is 5.92 Å². The Morgan fingerprint density at radius 1 is 1.08 bits per heavy atom. The third kappa shape index (κ3) is 4.48. The van der Waals surface area contributed by atoms with Crippen LogP contribution < -0.4 is 15.5 Å². The van der Waals surface area contributed by atoms with Crippen molar-refractivity contribution >= 4 is 34.6 Å². The van der Waals surface area contributed by atoms with Gasteiger partial charge in [-0.1, -0.05) is 19.9 Å². The molecule has 1 amide bonds. The summed E-state index contributed by atoms with van der Waals surface area (Å²) in [5.74, 6) is -0.109. The quantitative estimate of drug-likeness (QED) is 0.367. The standard InChI is InChI=1S/C27H30N8OS/c1-16(2)26(36)31-22-10-9-20(12-17(22)3)34-25(24(32-27(34)37)23-8-6-7-11-28-23)21-13-18(4)35(19(21)5)33-14-29-30-15-33/h6-16,24-25H,1-5H3,(H,31,36)(H,32,37)/t24-,25+/m1/s1. The molecule has 1 saturated heterocycles. The van der Waals surface area contributed by atoms with Crippen LogP contribution in [0.25, 0.3) is 0 Å². The summed E-state index contributed by atoms with van der Waals surface area (Å²) in [5, 5.41) is 15.1. The number of carbonyl (C=O) groups is 1. The number of anilines is 2. The van der Waals surface area contributed by atoms with Crippen LogP contribution in [0.2, 0.25) is 0 Å². The van der Waals surface area contributed by atoms with Gasteiger partial charge in [0.1, 0.15) is 12.7 Å². The van der Waals surface area contributed by atoms with E-state index in [0.29, 0.717) is 5.11 Å². The minimum atomic E-state index is -0.163. The zero-order valence-electron chi connectivity index (χ0n) is 21.5. The molecule has 4 aromatic rings. The second kappa shape index (κ2) is 9.78. The van der Waals surface area contributed by atoms with Crippen LogP contribution in [0.5, 0.6) is 0 Å². The first-order valence-electron chi connectivity index (χ1n) is 12.2. The lowest BCUT2D eigenvalue weighted by Crippen LogP contribution is -2.29. The molecular formula is C27H30N8OS. The fourth-order valence-electron chi connectivity index (χ4n) is 4.89. The molecule has 0 unspecified atom stereocenters. The number of benzene rings is 1. The van der Waals surface area contributed by atoms with Gasteiger partial charge < -0.3 is 15.5 Å². The molecule has 1 fully saturated rings. The predicted molar refractivity (Wildman–Crippen MR) is 147 cm³/mol. The lowest BCUT2D eigenvalue weighted by molar-refractivity contribution is -0.118. The van der Waals surface area contributed by atoms with Gasteiger partial charge in [0.05, 0.1) is 17.8 Å². The third-order valence-corrected chi connectivity index (χ3v) is 7.07. The molecule has 190 valence electrons. The highest BCUT2D eigenvalue weighted by atomic mass is 32.1. The van der Waals surface area contributed by atoms with Gasteiger partial charge in [-0.15, -0.1) is 10.2 Å². The normalized spacial score (nSPS) is 17.4. The molecule has 5 rings (SSSR count). The first kappa shape index (κ1) is 24.6. The SMILES string of the molecule is Cc1cc(N2C(=S)N[C@H](c3ccccn3)[C@@H]2c2cc(C)n(-n3cnnc3)c2C)ccc1NC(=O)C(C)C. The summed E-state index contributed by atoms with van der Waals surface area (Å²) in [4.78, 5) is 19.1. The molecular weight excluding hydrogens is 484 g/mol. The van der Waals surface area contributed by atoms with Crippen molar-refractivity contribution in [1.29, 1.82) is 0 Å². The molecule has 10 heteroatoms. The molecule has 2 N–H and O–H groups in total. The molecule has 9 nitrogen and oxygen atoms in total. The van der Waals surface area contributed by atoms with E-state index in [0.717, 1.165) is 39.6 Å². The predicted octanol–water partition coefficient (Wildman–Crippen LogP) is 4.48. The van der Waals surface area contributed by atoms with Crippen molar-refractivity contribution in [3.05, 3.63) is 89.5 Å². The van der Waals surface area contributed by atoms with Gasteiger partial charge in [0, 0.05) is 40.4 Å². The Balaban J connectivity index is 1.61. The Kier molecular flexibility index (Phi) is 6.51. The van der Waals surface area contributed by atoms with Gasteiger partial charge in [0.2, 0.25) is 5.91 Å². The maximum atomic E-state index is 12.3. The maximum Gasteiger partial charge on any atom is 0.226 e. The second-order valence-electron chi connectivity index (χ2n) is 9.62. The van der Waals surface area contributed by atoms with E-state index in [-0.39, 0.29) is 23.9 Å². The van der Waals surface area contributed by atoms with Gasteiger partial charge in [0.25, 0.3) is 0 Å². The molecule has 37 heavy (non-hydrogen) atoms. The summed E-state index contributed by atoms with van der Waals surface area (Å²) in [6, 6.07) is 13.8. The van der Waals surface area contributed by atoms with Crippen molar-refractivity contribution in [3.63, 3.8) is 0 Å². The first-order chi connectivity index (χ1) is 17.8. The highest BCUT2D eigenvalue weighted by Gasteiger charge is 2.42. The number of hydrogen-bond donors (Lipinski definition) is 2. The van der Waals surface area contributed by atoms with Crippen LogP contribution in [0.1, 0.15) is 54.1 Å². The zero-order chi connectivity index (χ0) is 26.3. The van der Waals surface area contributed by atoms with Gasteiger partial charge in [0.15, 0.2) is 5.11 Å². The molecule has 1 aliphatic rings. The molecule has 1 aliphatic heterocycles. The summed E-state index contributed by atoms with van der Waals surface area (Å²) in [6.45, 7) is 9.91. The molecule has 0 saturated carbocycles. The van der Waals surface area contributed by atoms with Crippen molar-refractivity contribution in [2.45, 2.75) is 46.7 Å². The van der Waals surface area contributed by atoms with Crippen LogP contribution >= 0.6 is 12.2 Å². The van der Waals surface area contributed by atoms with E-state index in [1.807, 2.05) is 55.8 Å². The zero-order valence-corrected chi connectivity index (χ0v) is 22.3. The molecule has 0 spiro atoms. The second-order valence-corrected chi connectivity index (χ2v) is 10.0. The topological polar surface area (TPSA) is 92.9 Å². The lowest BCUT2D eigenvalue weighted by atomic mass is 9.96. The number of nitrogens with zero attached hydrogens (tertiary/aromatic N) is 6. The highest BCUT2D eigenvalue weighted by molar-refractivity contribution is 7.80. The molecule has 4 heterocycles. The van der Waals surface area contributed by atoms with E-state index in [2.05, 4.69) is 61.4 Å². The molecule has 0 bridgehead atoms. The Morgan fingerprint density at radius 3 is 2.49 bits per heavy atom. The van der Waals surface area contributed by atoms with Gasteiger partial charge in [-0.3, -0.25) is 14.5 Å². The van der Waals surface area contributed by atoms with Crippen molar-refractivity contribution in [3.8, 4) is 0 Å². The summed E-state index contributed by atoms with van der Waals surface area (Å²) >= 11 is 5.90. The number of nitrogens with one attached hydrogen (secondary N) is 2. The lowest BCUT2D eigenvalue weighted by Gasteiger charge is -2.29. The first-order valence-corrected chi connectivity index (χ1v) is 12.6. The Hall–Kier alpha value is -4.05. The summed E-state index contributed by atoms with van der Waals surface area (Å²) in [5.41, 5.74) is 6.82. The molecule has 0 aliphatic carbocycles. The van der Waals surface area contributed by atoms with Crippen LogP contribution in [-0.4, -0.2) is 35.6 Å². The van der Waals surface area contributed by atoms with Crippen molar-refractivity contribution in [1.82, 2.24) is 29.9 Å². The smallest absolute Gasteiger partial charge is 0.226 e. The van der Waals surface area contributed by atoms with Crippen LogP contribution in [0.3, 0.4) is 0 Å². The average molecular weight is 515 g/mol. The average Bonchev–Trinajstić information content (AvgIpc) is 3.58. The number of rotatable bonds is 6. The van der Waals surface area contributed by atoms with Crippen LogP contribution in [0.4, 0.5) is 11.4 Å². The Labute approximate surface area is 221 Å². The molecule has 1 aromatic carbocycles. The minimum Gasteiger partial charge on any atom is -0.351 e. The molecule has 3 aromatic heterocycles. The number of carbonyl (C=O) groups excluding carboxylic acids is 1. The van der Waals surface area contributed by atoms with Crippen LogP contribution in [-0.2, 0) is 4.79 Å². The summed E-state index contributed by atoms with van der Waals surface area (Å²) in [6.07, 6.45) is 5.17. The van der Waals surface area contributed by atoms with E-state index in [1.165, 1.54) is 0 Å².